The van der Waals surface area contributed by atoms with Crippen molar-refractivity contribution < 1.29 is 14.3 Å². The number of halogens is 3. The lowest BCUT2D eigenvalue weighted by Gasteiger charge is -2.12. The van der Waals surface area contributed by atoms with Crippen LogP contribution < -0.4 is 20.9 Å². The molecule has 0 radical (unpaired) electrons. The number of amides is 2. The largest absolute Gasteiger partial charge is 0.483 e. The quantitative estimate of drug-likeness (QED) is 0.424. The fraction of sp³-hybridized carbons (Fsp3) is 0.0625. The molecule has 0 aliphatic heterocycles. The zero-order valence-electron chi connectivity index (χ0n) is 13.0. The van der Waals surface area contributed by atoms with E-state index in [0.29, 0.717) is 20.8 Å². The van der Waals surface area contributed by atoms with Crippen LogP contribution in [0.3, 0.4) is 0 Å². The molecule has 0 aliphatic carbocycles. The number of ether oxygens (including phenoxy) is 1. The fourth-order valence-corrected chi connectivity index (χ4v) is 3.23. The number of hydrogen-bond acceptors (Lipinski definition) is 4. The first-order chi connectivity index (χ1) is 12.3. The molecular weight excluding hydrogens is 510 g/mol. The van der Waals surface area contributed by atoms with Crippen LogP contribution in [0.4, 0.5) is 0 Å². The van der Waals surface area contributed by atoms with Gasteiger partial charge in [0.1, 0.15) is 5.75 Å². The van der Waals surface area contributed by atoms with E-state index in [4.69, 9.17) is 28.6 Å². The summed E-state index contributed by atoms with van der Waals surface area (Å²) in [6.45, 7) is -0.238. The highest BCUT2D eigenvalue weighted by atomic mass is 79.9. The molecule has 0 saturated carbocycles. The molecule has 0 aromatic heterocycles. The van der Waals surface area contributed by atoms with Crippen LogP contribution in [0.2, 0.25) is 5.02 Å². The summed E-state index contributed by atoms with van der Waals surface area (Å²) in [7, 11) is 0. The van der Waals surface area contributed by atoms with Gasteiger partial charge in [-0.1, -0.05) is 33.6 Å². The average molecular weight is 522 g/mol. The molecule has 0 heterocycles. The molecule has 2 rings (SSSR count). The Hall–Kier alpha value is -1.68. The van der Waals surface area contributed by atoms with Gasteiger partial charge in [-0.25, -0.2) is 0 Å². The maximum atomic E-state index is 12.0. The number of nitrogens with one attached hydrogen (secondary N) is 3. The van der Waals surface area contributed by atoms with Gasteiger partial charge in [-0.05, 0) is 64.5 Å². The van der Waals surface area contributed by atoms with Gasteiger partial charge in [0.2, 0.25) is 0 Å². The first-order valence-corrected chi connectivity index (χ1v) is 9.46. The number of hydrogen-bond donors (Lipinski definition) is 3. The number of hydrazine groups is 1. The lowest BCUT2D eigenvalue weighted by molar-refractivity contribution is -0.123. The van der Waals surface area contributed by atoms with Crippen LogP contribution in [0.1, 0.15) is 10.4 Å². The van der Waals surface area contributed by atoms with E-state index >= 15 is 0 Å². The van der Waals surface area contributed by atoms with E-state index in [1.165, 1.54) is 6.07 Å². The maximum absolute atomic E-state index is 12.0. The summed E-state index contributed by atoms with van der Waals surface area (Å²) in [4.78, 5) is 23.8. The number of rotatable bonds is 4. The summed E-state index contributed by atoms with van der Waals surface area (Å²) in [5, 5.41) is 2.79. The molecule has 0 aliphatic rings. The predicted molar refractivity (Wildman–Crippen MR) is 110 cm³/mol. The Morgan fingerprint density at radius 2 is 1.88 bits per heavy atom. The second kappa shape index (κ2) is 9.86. The van der Waals surface area contributed by atoms with Gasteiger partial charge in [0.25, 0.3) is 11.8 Å². The first kappa shape index (κ1) is 20.6. The molecule has 10 heteroatoms. The van der Waals surface area contributed by atoms with E-state index in [1.54, 1.807) is 36.4 Å². The molecule has 2 aromatic rings. The molecule has 0 fully saturated rings. The summed E-state index contributed by atoms with van der Waals surface area (Å²) in [5.74, 6) is -0.409. The molecular formula is C16H12Br2ClN3O3S. The number of benzene rings is 2. The molecule has 0 bridgehead atoms. The van der Waals surface area contributed by atoms with Crippen molar-refractivity contribution in [3.05, 3.63) is 62.0 Å². The Labute approximate surface area is 176 Å². The van der Waals surface area contributed by atoms with Crippen molar-refractivity contribution in [3.63, 3.8) is 0 Å². The maximum Gasteiger partial charge on any atom is 0.276 e. The second-order valence-electron chi connectivity index (χ2n) is 4.83. The van der Waals surface area contributed by atoms with E-state index in [0.717, 1.165) is 4.47 Å². The highest BCUT2D eigenvalue weighted by Crippen LogP contribution is 2.28. The zero-order chi connectivity index (χ0) is 19.1. The van der Waals surface area contributed by atoms with Gasteiger partial charge < -0.3 is 4.74 Å². The van der Waals surface area contributed by atoms with Gasteiger partial charge in [-0.2, -0.15) is 0 Å². The molecule has 6 nitrogen and oxygen atoms in total. The number of thiocarbonyl (C=S) groups is 1. The minimum absolute atomic E-state index is 0.0619. The van der Waals surface area contributed by atoms with Gasteiger partial charge in [0.15, 0.2) is 11.7 Å². The molecule has 26 heavy (non-hydrogen) atoms. The molecule has 0 atom stereocenters. The van der Waals surface area contributed by atoms with E-state index in [9.17, 15) is 9.59 Å². The van der Waals surface area contributed by atoms with Gasteiger partial charge >= 0.3 is 0 Å². The van der Waals surface area contributed by atoms with E-state index < -0.39 is 11.8 Å². The Bertz CT molecular complexity index is 851. The lowest BCUT2D eigenvalue weighted by atomic mass is 10.2. The highest BCUT2D eigenvalue weighted by Gasteiger charge is 2.10. The standard InChI is InChI=1S/C16H12Br2ClN3O3S/c17-10-4-5-13(12(18)7-10)25-8-14(23)21-22-16(26)20-15(24)9-2-1-3-11(19)6-9/h1-7H,8H2,(H,21,23)(H2,20,22,24,26). The van der Waals surface area contributed by atoms with Crippen LogP contribution in [0, 0.1) is 0 Å². The summed E-state index contributed by atoms with van der Waals surface area (Å²) < 4.78 is 6.97. The van der Waals surface area contributed by atoms with Crippen LogP contribution in [-0.4, -0.2) is 23.5 Å². The zero-order valence-corrected chi connectivity index (χ0v) is 17.8. The molecule has 2 aromatic carbocycles. The Morgan fingerprint density at radius 3 is 2.58 bits per heavy atom. The van der Waals surface area contributed by atoms with Crippen molar-refractivity contribution in [2.75, 3.05) is 6.61 Å². The van der Waals surface area contributed by atoms with Gasteiger partial charge in [-0.3, -0.25) is 25.8 Å². The first-order valence-electron chi connectivity index (χ1n) is 7.09. The molecule has 2 amide bonds. The van der Waals surface area contributed by atoms with Gasteiger partial charge in [-0.15, -0.1) is 0 Å². The third kappa shape index (κ3) is 6.56. The van der Waals surface area contributed by atoms with E-state index in [1.807, 2.05) is 0 Å². The Balaban J connectivity index is 1.76. The molecule has 0 unspecified atom stereocenters. The Kier molecular flexibility index (Phi) is 7.83. The monoisotopic (exact) mass is 519 g/mol. The van der Waals surface area contributed by atoms with Gasteiger partial charge in [0, 0.05) is 15.1 Å². The van der Waals surface area contributed by atoms with Crippen molar-refractivity contribution >= 4 is 72.6 Å². The molecule has 0 spiro atoms. The predicted octanol–water partition coefficient (Wildman–Crippen LogP) is 3.58. The van der Waals surface area contributed by atoms with Crippen molar-refractivity contribution in [3.8, 4) is 5.75 Å². The van der Waals surface area contributed by atoms with Gasteiger partial charge in [0.05, 0.1) is 4.47 Å². The van der Waals surface area contributed by atoms with Crippen LogP contribution in [0.5, 0.6) is 5.75 Å². The van der Waals surface area contributed by atoms with Crippen molar-refractivity contribution in [2.24, 2.45) is 0 Å². The molecule has 3 N–H and O–H groups in total. The summed E-state index contributed by atoms with van der Waals surface area (Å²) in [6, 6.07) is 11.7. The minimum atomic E-state index is -0.473. The van der Waals surface area contributed by atoms with E-state index in [-0.39, 0.29) is 11.7 Å². The Morgan fingerprint density at radius 1 is 1.12 bits per heavy atom. The van der Waals surface area contributed by atoms with Crippen molar-refractivity contribution in [2.45, 2.75) is 0 Å². The van der Waals surface area contributed by atoms with Crippen molar-refractivity contribution in [1.82, 2.24) is 16.2 Å². The van der Waals surface area contributed by atoms with Crippen LogP contribution in [-0.2, 0) is 4.79 Å². The fourth-order valence-electron chi connectivity index (χ4n) is 1.73. The lowest BCUT2D eigenvalue weighted by Crippen LogP contribution is -2.49. The van der Waals surface area contributed by atoms with E-state index in [2.05, 4.69) is 48.0 Å². The summed E-state index contributed by atoms with van der Waals surface area (Å²) in [6.07, 6.45) is 0. The second-order valence-corrected chi connectivity index (χ2v) is 7.44. The molecule has 0 saturated heterocycles. The highest BCUT2D eigenvalue weighted by molar-refractivity contribution is 9.11. The van der Waals surface area contributed by atoms with Crippen LogP contribution >= 0.6 is 55.7 Å². The number of carbonyl (C=O) groups is 2. The smallest absolute Gasteiger partial charge is 0.276 e. The summed E-state index contributed by atoms with van der Waals surface area (Å²) >= 11 is 17.4. The topological polar surface area (TPSA) is 79.5 Å². The molecule has 136 valence electrons. The minimum Gasteiger partial charge on any atom is -0.483 e. The third-order valence-corrected chi connectivity index (χ3v) is 4.43. The third-order valence-electron chi connectivity index (χ3n) is 2.88. The van der Waals surface area contributed by atoms with Crippen LogP contribution in [0.25, 0.3) is 0 Å². The van der Waals surface area contributed by atoms with Crippen molar-refractivity contribution in [1.29, 1.82) is 0 Å². The SMILES string of the molecule is O=C(COc1ccc(Br)cc1Br)NNC(=S)NC(=O)c1cccc(Cl)c1. The average Bonchev–Trinajstić information content (AvgIpc) is 2.59. The van der Waals surface area contributed by atoms with Crippen LogP contribution in [0.15, 0.2) is 51.4 Å². The normalized spacial score (nSPS) is 9.96. The summed E-state index contributed by atoms with van der Waals surface area (Å²) in [5.41, 5.74) is 5.10. The number of carbonyl (C=O) groups excluding carboxylic acids is 2.